The van der Waals surface area contributed by atoms with E-state index in [1.165, 1.54) is 0 Å². The first-order valence-corrected chi connectivity index (χ1v) is 8.25. The van der Waals surface area contributed by atoms with Crippen molar-refractivity contribution < 1.29 is 9.53 Å². The van der Waals surface area contributed by atoms with Crippen LogP contribution >= 0.6 is 12.4 Å². The largest absolute Gasteiger partial charge is 0.483 e. The molecule has 5 heteroatoms. The molecule has 23 heavy (non-hydrogen) atoms. The Hall–Kier alpha value is -1.26. The van der Waals surface area contributed by atoms with E-state index in [4.69, 9.17) is 10.5 Å². The number of carbonyl (C=O) groups excluding carboxylic acids is 1. The normalized spacial score (nSPS) is 17.8. The van der Waals surface area contributed by atoms with Crippen LogP contribution in [0.15, 0.2) is 18.2 Å². The van der Waals surface area contributed by atoms with Gasteiger partial charge in [0.05, 0.1) is 0 Å². The van der Waals surface area contributed by atoms with Crippen molar-refractivity contribution in [2.24, 2.45) is 5.73 Å². The first-order chi connectivity index (χ1) is 10.5. The first kappa shape index (κ1) is 19.8. The van der Waals surface area contributed by atoms with E-state index in [2.05, 4.69) is 26.0 Å². The van der Waals surface area contributed by atoms with Crippen LogP contribution in [0.2, 0.25) is 0 Å². The molecule has 1 unspecified atom stereocenters. The zero-order valence-electron chi connectivity index (χ0n) is 14.4. The van der Waals surface area contributed by atoms with E-state index in [9.17, 15) is 4.79 Å². The van der Waals surface area contributed by atoms with Gasteiger partial charge in [0.25, 0.3) is 5.91 Å². The number of likely N-dealkylation sites (tertiary alicyclic amines) is 1. The highest BCUT2D eigenvalue weighted by Gasteiger charge is 2.25. The molecule has 0 aliphatic carbocycles. The Kier molecular flexibility index (Phi) is 7.86. The summed E-state index contributed by atoms with van der Waals surface area (Å²) in [6.45, 7) is 7.73. The predicted molar refractivity (Wildman–Crippen MR) is 96.4 cm³/mol. The minimum absolute atomic E-state index is 0. The number of hydrogen-bond donors (Lipinski definition) is 1. The quantitative estimate of drug-likeness (QED) is 0.895. The molecule has 1 fully saturated rings. The van der Waals surface area contributed by atoms with Gasteiger partial charge in [-0.05, 0) is 49.3 Å². The smallest absolute Gasteiger partial charge is 0.260 e. The lowest BCUT2D eigenvalue weighted by molar-refractivity contribution is -0.136. The second-order valence-corrected chi connectivity index (χ2v) is 6.46. The lowest BCUT2D eigenvalue weighted by Crippen LogP contribution is -2.49. The summed E-state index contributed by atoms with van der Waals surface area (Å²) in [5, 5.41) is 0. The van der Waals surface area contributed by atoms with Crippen LogP contribution in [0.5, 0.6) is 5.75 Å². The second kappa shape index (κ2) is 9.14. The van der Waals surface area contributed by atoms with Crippen LogP contribution in [-0.2, 0) is 4.79 Å². The highest BCUT2D eigenvalue weighted by Crippen LogP contribution is 2.27. The average molecular weight is 341 g/mol. The Morgan fingerprint density at radius 3 is 2.78 bits per heavy atom. The molecule has 2 N–H and O–H groups in total. The zero-order chi connectivity index (χ0) is 16.1. The maximum absolute atomic E-state index is 12.5. The van der Waals surface area contributed by atoms with E-state index in [-0.39, 0.29) is 31.0 Å². The number of rotatable bonds is 5. The Morgan fingerprint density at radius 1 is 1.39 bits per heavy atom. The van der Waals surface area contributed by atoms with Crippen molar-refractivity contribution in [2.75, 3.05) is 19.7 Å². The molecule has 1 heterocycles. The lowest BCUT2D eigenvalue weighted by atomic mass is 10.0. The summed E-state index contributed by atoms with van der Waals surface area (Å²) in [7, 11) is 0. The van der Waals surface area contributed by atoms with Gasteiger partial charge >= 0.3 is 0 Å². The number of piperidine rings is 1. The number of carbonyl (C=O) groups is 1. The fourth-order valence-electron chi connectivity index (χ4n) is 3.04. The molecule has 1 amide bonds. The molecule has 1 atom stereocenters. The van der Waals surface area contributed by atoms with E-state index in [1.807, 2.05) is 17.9 Å². The summed E-state index contributed by atoms with van der Waals surface area (Å²) < 4.78 is 5.86. The topological polar surface area (TPSA) is 55.6 Å². The van der Waals surface area contributed by atoms with Crippen LogP contribution in [0.3, 0.4) is 0 Å². The highest BCUT2D eigenvalue weighted by atomic mass is 35.5. The molecule has 4 nitrogen and oxygen atoms in total. The minimum atomic E-state index is 0. The molecule has 1 aliphatic rings. The zero-order valence-corrected chi connectivity index (χ0v) is 15.2. The molecule has 1 saturated heterocycles. The van der Waals surface area contributed by atoms with Gasteiger partial charge in [0.15, 0.2) is 6.61 Å². The monoisotopic (exact) mass is 340 g/mol. The van der Waals surface area contributed by atoms with Crippen LogP contribution in [0.4, 0.5) is 0 Å². The van der Waals surface area contributed by atoms with Gasteiger partial charge in [-0.3, -0.25) is 4.79 Å². The van der Waals surface area contributed by atoms with Crippen molar-refractivity contribution in [1.29, 1.82) is 0 Å². The van der Waals surface area contributed by atoms with Gasteiger partial charge in [0, 0.05) is 19.1 Å². The summed E-state index contributed by atoms with van der Waals surface area (Å²) in [4.78, 5) is 14.3. The van der Waals surface area contributed by atoms with Gasteiger partial charge in [0.2, 0.25) is 0 Å². The molecule has 1 aromatic carbocycles. The maximum atomic E-state index is 12.5. The lowest BCUT2D eigenvalue weighted by Gasteiger charge is -2.35. The standard InChI is InChI=1S/C18H28N2O2.ClH/c1-13(2)16-8-7-14(3)10-17(16)22-12-18(21)20-9-5-4-6-15(20)11-19;/h7-8,10,13,15H,4-6,9,11-12,19H2,1-3H3;1H. The summed E-state index contributed by atoms with van der Waals surface area (Å²) in [6.07, 6.45) is 3.22. The van der Waals surface area contributed by atoms with Crippen molar-refractivity contribution >= 4 is 18.3 Å². The SMILES string of the molecule is Cc1ccc(C(C)C)c(OCC(=O)N2CCCCC2CN)c1.Cl. The van der Waals surface area contributed by atoms with Gasteiger partial charge in [-0.1, -0.05) is 26.0 Å². The third kappa shape index (κ3) is 5.11. The number of halogens is 1. The van der Waals surface area contributed by atoms with Gasteiger partial charge < -0.3 is 15.4 Å². The Bertz CT molecular complexity index is 520. The predicted octanol–water partition coefficient (Wildman–Crippen LogP) is 3.26. The van der Waals surface area contributed by atoms with Gasteiger partial charge in [-0.15, -0.1) is 12.4 Å². The fourth-order valence-corrected chi connectivity index (χ4v) is 3.04. The van der Waals surface area contributed by atoms with Crippen LogP contribution in [-0.4, -0.2) is 36.5 Å². The molecule has 0 saturated carbocycles. The van der Waals surface area contributed by atoms with E-state index >= 15 is 0 Å². The van der Waals surface area contributed by atoms with Crippen molar-refractivity contribution in [1.82, 2.24) is 4.90 Å². The van der Waals surface area contributed by atoms with E-state index < -0.39 is 0 Å². The molecule has 1 aromatic rings. The summed E-state index contributed by atoms with van der Waals surface area (Å²) in [5.74, 6) is 1.24. The highest BCUT2D eigenvalue weighted by molar-refractivity contribution is 5.85. The maximum Gasteiger partial charge on any atom is 0.260 e. The molecular formula is C18H29ClN2O2. The van der Waals surface area contributed by atoms with Crippen molar-refractivity contribution in [3.8, 4) is 5.75 Å². The molecule has 130 valence electrons. The average Bonchev–Trinajstić information content (AvgIpc) is 2.52. The van der Waals surface area contributed by atoms with Gasteiger partial charge in [-0.2, -0.15) is 0 Å². The van der Waals surface area contributed by atoms with Crippen LogP contribution in [0.25, 0.3) is 0 Å². The van der Waals surface area contributed by atoms with Crippen LogP contribution in [0.1, 0.15) is 50.2 Å². The first-order valence-electron chi connectivity index (χ1n) is 8.25. The van der Waals surface area contributed by atoms with E-state index in [1.54, 1.807) is 0 Å². The summed E-state index contributed by atoms with van der Waals surface area (Å²) in [5.41, 5.74) is 8.08. The number of aryl methyl sites for hydroxylation is 1. The van der Waals surface area contributed by atoms with Crippen molar-refractivity contribution in [3.05, 3.63) is 29.3 Å². The van der Waals surface area contributed by atoms with E-state index in [0.717, 1.165) is 42.7 Å². The number of ether oxygens (including phenoxy) is 1. The molecular weight excluding hydrogens is 312 g/mol. The van der Waals surface area contributed by atoms with Crippen molar-refractivity contribution in [2.45, 2.75) is 52.0 Å². The summed E-state index contributed by atoms with van der Waals surface area (Å²) in [6, 6.07) is 6.36. The fraction of sp³-hybridized carbons (Fsp3) is 0.611. The Balaban J connectivity index is 0.00000264. The number of benzene rings is 1. The molecule has 0 bridgehead atoms. The number of nitrogens with zero attached hydrogens (tertiary/aromatic N) is 1. The summed E-state index contributed by atoms with van der Waals surface area (Å²) >= 11 is 0. The molecule has 0 spiro atoms. The minimum Gasteiger partial charge on any atom is -0.483 e. The molecule has 0 aromatic heterocycles. The third-order valence-corrected chi connectivity index (χ3v) is 4.36. The number of nitrogens with two attached hydrogens (primary N) is 1. The van der Waals surface area contributed by atoms with Crippen molar-refractivity contribution in [3.63, 3.8) is 0 Å². The second-order valence-electron chi connectivity index (χ2n) is 6.46. The molecule has 0 radical (unpaired) electrons. The molecule has 2 rings (SSSR count). The number of amides is 1. The number of hydrogen-bond acceptors (Lipinski definition) is 3. The van der Waals surface area contributed by atoms with E-state index in [0.29, 0.717) is 12.5 Å². The third-order valence-electron chi connectivity index (χ3n) is 4.36. The van der Waals surface area contributed by atoms with Gasteiger partial charge in [-0.25, -0.2) is 0 Å². The van der Waals surface area contributed by atoms with Crippen LogP contribution in [0, 0.1) is 6.92 Å². The Morgan fingerprint density at radius 2 is 2.13 bits per heavy atom. The van der Waals surface area contributed by atoms with Crippen LogP contribution < -0.4 is 10.5 Å². The Labute approximate surface area is 145 Å². The molecule has 1 aliphatic heterocycles. The van der Waals surface area contributed by atoms with Gasteiger partial charge in [0.1, 0.15) is 5.75 Å².